The molecule has 2 aromatic carbocycles. The smallest absolute Gasteiger partial charge is 0.161 e. The molecule has 0 aliphatic heterocycles. The van der Waals surface area contributed by atoms with Gasteiger partial charge in [-0.25, -0.2) is 0 Å². The van der Waals surface area contributed by atoms with Crippen LogP contribution in [0.15, 0.2) is 48.0 Å². The van der Waals surface area contributed by atoms with Gasteiger partial charge in [-0.3, -0.25) is 0 Å². The normalized spacial score (nSPS) is 9.39. The zero-order chi connectivity index (χ0) is 16.7. The Hall–Kier alpha value is -2.95. The zero-order valence-corrected chi connectivity index (χ0v) is 13.2. The van der Waals surface area contributed by atoms with E-state index in [0.717, 1.165) is 5.56 Å². The molecule has 2 aromatic rings. The summed E-state index contributed by atoms with van der Waals surface area (Å²) in [7, 11) is 1.53. The van der Waals surface area contributed by atoms with Gasteiger partial charge in [0, 0.05) is 10.6 Å². The molecule has 0 radical (unpaired) electrons. The maximum atomic E-state index is 8.80. The third kappa shape index (κ3) is 4.26. The van der Waals surface area contributed by atoms with E-state index in [1.165, 1.54) is 13.2 Å². The Kier molecular flexibility index (Phi) is 5.63. The van der Waals surface area contributed by atoms with Crippen molar-refractivity contribution in [2.75, 3.05) is 7.11 Å². The van der Waals surface area contributed by atoms with Crippen LogP contribution < -0.4 is 9.47 Å². The Morgan fingerprint density at radius 2 is 1.87 bits per heavy atom. The van der Waals surface area contributed by atoms with E-state index < -0.39 is 0 Å². The molecule has 0 fully saturated rings. The van der Waals surface area contributed by atoms with Crippen LogP contribution in [0, 0.1) is 22.7 Å². The third-order valence-corrected chi connectivity index (χ3v) is 3.45. The van der Waals surface area contributed by atoms with Gasteiger partial charge in [0.2, 0.25) is 0 Å². The fraction of sp³-hybridized carbons (Fsp3) is 0.111. The number of hydrogen-bond acceptors (Lipinski definition) is 4. The minimum absolute atomic E-state index is 0.0248. The molecule has 0 spiro atoms. The molecular formula is C18H13ClN2O2. The first kappa shape index (κ1) is 16.4. The summed E-state index contributed by atoms with van der Waals surface area (Å²) in [4.78, 5) is 0. The summed E-state index contributed by atoms with van der Waals surface area (Å²) < 4.78 is 11.0. The monoisotopic (exact) mass is 324 g/mol. The first-order valence-corrected chi connectivity index (χ1v) is 7.12. The molecule has 4 nitrogen and oxygen atoms in total. The van der Waals surface area contributed by atoms with E-state index in [0.29, 0.717) is 28.7 Å². The predicted molar refractivity (Wildman–Crippen MR) is 88.0 cm³/mol. The number of halogens is 1. The summed E-state index contributed by atoms with van der Waals surface area (Å²) in [6.45, 7) is 0.312. The van der Waals surface area contributed by atoms with Crippen molar-refractivity contribution in [1.82, 2.24) is 0 Å². The van der Waals surface area contributed by atoms with Gasteiger partial charge in [-0.1, -0.05) is 35.9 Å². The van der Waals surface area contributed by atoms with Crippen molar-refractivity contribution in [2.45, 2.75) is 6.61 Å². The molecule has 0 aliphatic carbocycles. The summed E-state index contributed by atoms with van der Waals surface area (Å²) in [6.07, 6.45) is 1.49. The maximum absolute atomic E-state index is 8.80. The first-order chi connectivity index (χ1) is 11.2. The summed E-state index contributed by atoms with van der Waals surface area (Å²) in [5.74, 6) is 1.07. The van der Waals surface area contributed by atoms with Crippen molar-refractivity contribution in [3.8, 4) is 23.6 Å². The molecule has 114 valence electrons. The minimum Gasteiger partial charge on any atom is -0.493 e. The van der Waals surface area contributed by atoms with Gasteiger partial charge in [0.25, 0.3) is 0 Å². The van der Waals surface area contributed by atoms with Crippen molar-refractivity contribution >= 4 is 17.7 Å². The van der Waals surface area contributed by atoms with Gasteiger partial charge in [-0.2, -0.15) is 10.5 Å². The van der Waals surface area contributed by atoms with E-state index in [2.05, 4.69) is 0 Å². The topological polar surface area (TPSA) is 66.0 Å². The van der Waals surface area contributed by atoms with E-state index in [-0.39, 0.29) is 5.57 Å². The molecule has 0 heterocycles. The second kappa shape index (κ2) is 7.89. The molecule has 5 heteroatoms. The lowest BCUT2D eigenvalue weighted by atomic mass is 10.1. The second-order valence-corrected chi connectivity index (χ2v) is 4.98. The number of methoxy groups -OCH3 is 1. The molecule has 0 aromatic heterocycles. The van der Waals surface area contributed by atoms with Crippen molar-refractivity contribution in [2.24, 2.45) is 0 Å². The van der Waals surface area contributed by atoms with E-state index in [9.17, 15) is 0 Å². The molecule has 0 N–H and O–H groups in total. The van der Waals surface area contributed by atoms with Crippen LogP contribution in [0.25, 0.3) is 6.08 Å². The van der Waals surface area contributed by atoms with E-state index in [4.69, 9.17) is 31.6 Å². The van der Waals surface area contributed by atoms with Crippen LogP contribution >= 0.6 is 11.6 Å². The molecule has 0 amide bonds. The van der Waals surface area contributed by atoms with Gasteiger partial charge in [-0.15, -0.1) is 0 Å². The largest absolute Gasteiger partial charge is 0.493 e. The quantitative estimate of drug-likeness (QED) is 0.766. The van der Waals surface area contributed by atoms with Gasteiger partial charge < -0.3 is 9.47 Å². The van der Waals surface area contributed by atoms with Crippen LogP contribution in [-0.2, 0) is 6.61 Å². The van der Waals surface area contributed by atoms with E-state index in [1.807, 2.05) is 30.3 Å². The predicted octanol–water partition coefficient (Wildman–Crippen LogP) is 4.36. The number of hydrogen-bond donors (Lipinski definition) is 0. The first-order valence-electron chi connectivity index (χ1n) is 6.74. The fourth-order valence-corrected chi connectivity index (χ4v) is 2.11. The highest BCUT2D eigenvalue weighted by Gasteiger charge is 2.07. The van der Waals surface area contributed by atoms with Gasteiger partial charge in [-0.05, 0) is 29.8 Å². The minimum atomic E-state index is 0.0248. The van der Waals surface area contributed by atoms with Gasteiger partial charge in [0.1, 0.15) is 24.3 Å². The van der Waals surface area contributed by atoms with Crippen molar-refractivity contribution in [1.29, 1.82) is 10.5 Å². The van der Waals surface area contributed by atoms with E-state index in [1.54, 1.807) is 24.3 Å². The van der Waals surface area contributed by atoms with E-state index >= 15 is 0 Å². The highest BCUT2D eigenvalue weighted by molar-refractivity contribution is 6.31. The van der Waals surface area contributed by atoms with Crippen LogP contribution in [0.5, 0.6) is 11.5 Å². The lowest BCUT2D eigenvalue weighted by Crippen LogP contribution is -1.98. The fourth-order valence-electron chi connectivity index (χ4n) is 1.92. The Balaban J connectivity index is 2.21. The summed E-state index contributed by atoms with van der Waals surface area (Å²) in [6, 6.07) is 16.3. The molecule has 0 unspecified atom stereocenters. The number of allylic oxidation sites excluding steroid dienone is 1. The summed E-state index contributed by atoms with van der Waals surface area (Å²) in [5, 5.41) is 18.2. The molecule has 0 aliphatic rings. The lowest BCUT2D eigenvalue weighted by molar-refractivity contribution is 0.284. The third-order valence-electron chi connectivity index (χ3n) is 3.08. The second-order valence-electron chi connectivity index (χ2n) is 4.57. The molecule has 23 heavy (non-hydrogen) atoms. The van der Waals surface area contributed by atoms with Gasteiger partial charge >= 0.3 is 0 Å². The summed E-state index contributed by atoms with van der Waals surface area (Å²) >= 11 is 6.10. The average molecular weight is 325 g/mol. The van der Waals surface area contributed by atoms with Crippen molar-refractivity contribution < 1.29 is 9.47 Å². The number of ether oxygens (including phenoxy) is 2. The molecule has 0 saturated heterocycles. The lowest BCUT2D eigenvalue weighted by Gasteiger charge is -2.12. The zero-order valence-electron chi connectivity index (χ0n) is 12.4. The van der Waals surface area contributed by atoms with Crippen molar-refractivity contribution in [3.05, 3.63) is 64.2 Å². The number of rotatable bonds is 5. The Labute approximate surface area is 139 Å². The Morgan fingerprint density at radius 1 is 1.13 bits per heavy atom. The van der Waals surface area contributed by atoms with Gasteiger partial charge in [0.05, 0.1) is 7.11 Å². The molecule has 0 bridgehead atoms. The van der Waals surface area contributed by atoms with Crippen LogP contribution in [0.2, 0.25) is 5.02 Å². The van der Waals surface area contributed by atoms with Crippen LogP contribution in [-0.4, -0.2) is 7.11 Å². The number of nitriles is 2. The highest BCUT2D eigenvalue weighted by Crippen LogP contribution is 2.30. The Morgan fingerprint density at radius 3 is 2.52 bits per heavy atom. The van der Waals surface area contributed by atoms with Gasteiger partial charge in [0.15, 0.2) is 11.5 Å². The highest BCUT2D eigenvalue weighted by atomic mass is 35.5. The van der Waals surface area contributed by atoms with Crippen LogP contribution in [0.4, 0.5) is 0 Å². The number of benzene rings is 2. The molecule has 2 rings (SSSR count). The molecular weight excluding hydrogens is 312 g/mol. The van der Waals surface area contributed by atoms with Crippen molar-refractivity contribution in [3.63, 3.8) is 0 Å². The maximum Gasteiger partial charge on any atom is 0.161 e. The average Bonchev–Trinajstić information content (AvgIpc) is 2.59. The SMILES string of the molecule is COc1cc(C=C(C#N)C#N)ccc1OCc1ccccc1Cl. The number of nitrogens with zero attached hydrogens (tertiary/aromatic N) is 2. The Bertz CT molecular complexity index is 801. The molecule has 0 atom stereocenters. The molecule has 0 saturated carbocycles. The summed E-state index contributed by atoms with van der Waals surface area (Å²) in [5.41, 5.74) is 1.58. The van der Waals surface area contributed by atoms with Crippen LogP contribution in [0.1, 0.15) is 11.1 Å². The standard InChI is InChI=1S/C18H13ClN2O2/c1-22-18-9-13(8-14(10-20)11-21)6-7-17(18)23-12-15-4-2-3-5-16(15)19/h2-9H,12H2,1H3. The van der Waals surface area contributed by atoms with Crippen LogP contribution in [0.3, 0.4) is 0 Å².